The molecule has 8 heteroatoms. The third kappa shape index (κ3) is 26.3. The number of halogens is 2. The quantitative estimate of drug-likeness (QED) is 0.281. The lowest BCUT2D eigenvalue weighted by atomic mass is 11.5. The third-order valence-corrected chi connectivity index (χ3v) is 0.586. The first-order valence-corrected chi connectivity index (χ1v) is 2.97. The topological polar surface area (TPSA) is 86.3 Å². The van der Waals surface area contributed by atoms with Gasteiger partial charge in [0.2, 0.25) is 0 Å². The predicted molar refractivity (Wildman–Crippen MR) is 35.4 cm³/mol. The fourth-order valence-electron chi connectivity index (χ4n) is 0. The molecule has 0 spiro atoms. The van der Waals surface area contributed by atoms with E-state index in [1.54, 1.807) is 0 Å². The van der Waals surface area contributed by atoms with Gasteiger partial charge in [0.05, 0.1) is 0 Å². The average molecular weight is 191 g/mol. The Morgan fingerprint density at radius 1 is 1.00 bits per heavy atom. The molecular formula is C2H4Cl2N2O4. The molecule has 0 saturated heterocycles. The average Bonchev–Trinajstić information content (AvgIpc) is 1.89. The van der Waals surface area contributed by atoms with E-state index in [-0.39, 0.29) is 0 Å². The molecule has 0 amide bonds. The summed E-state index contributed by atoms with van der Waals surface area (Å²) >= 11 is 9.27. The summed E-state index contributed by atoms with van der Waals surface area (Å²) < 4.78 is 0. The molecular weight excluding hydrogens is 187 g/mol. The van der Waals surface area contributed by atoms with E-state index in [0.717, 1.165) is 0 Å². The molecule has 6 nitrogen and oxygen atoms in total. The number of nitro groups is 2. The predicted octanol–water partition coefficient (Wildman–Crippen LogP) is 0.919. The summed E-state index contributed by atoms with van der Waals surface area (Å²) in [7, 11) is 0. The lowest BCUT2D eigenvalue weighted by molar-refractivity contribution is -0.459. The van der Waals surface area contributed by atoms with Crippen LogP contribution in [-0.4, -0.2) is 21.9 Å². The smallest absolute Gasteiger partial charge is 0.263 e. The molecule has 60 valence electrons. The Labute approximate surface area is 66.0 Å². The van der Waals surface area contributed by atoms with Gasteiger partial charge in [-0.05, 0) is 23.2 Å². The highest BCUT2D eigenvalue weighted by molar-refractivity contribution is 6.17. The molecule has 0 aromatic rings. The molecule has 0 radical (unpaired) electrons. The van der Waals surface area contributed by atoms with Crippen LogP contribution in [0.15, 0.2) is 0 Å². The van der Waals surface area contributed by atoms with Crippen LogP contribution in [0.4, 0.5) is 0 Å². The fourth-order valence-corrected chi connectivity index (χ4v) is 0. The largest absolute Gasteiger partial charge is 0.276 e. The van der Waals surface area contributed by atoms with E-state index in [1.165, 1.54) is 0 Å². The van der Waals surface area contributed by atoms with E-state index >= 15 is 0 Å². The van der Waals surface area contributed by atoms with E-state index in [0.29, 0.717) is 0 Å². The molecule has 0 aliphatic rings. The maximum atomic E-state index is 9.04. The van der Waals surface area contributed by atoms with Gasteiger partial charge < -0.3 is 0 Å². The molecule has 0 unspecified atom stereocenters. The normalized spacial score (nSPS) is 7.40. The minimum atomic E-state index is -0.610. The van der Waals surface area contributed by atoms with Crippen molar-refractivity contribution in [2.24, 2.45) is 0 Å². The maximum absolute atomic E-state index is 9.04. The number of hydrogen-bond acceptors (Lipinski definition) is 4. The van der Waals surface area contributed by atoms with Gasteiger partial charge in [0.1, 0.15) is 0 Å². The van der Waals surface area contributed by atoms with Gasteiger partial charge in [-0.1, -0.05) is 0 Å². The van der Waals surface area contributed by atoms with Gasteiger partial charge >= 0.3 is 0 Å². The minimum Gasteiger partial charge on any atom is -0.263 e. The van der Waals surface area contributed by atoms with Crippen LogP contribution in [-0.2, 0) is 0 Å². The van der Waals surface area contributed by atoms with Crippen LogP contribution >= 0.6 is 23.2 Å². The van der Waals surface area contributed by atoms with Gasteiger partial charge in [0, 0.05) is 9.85 Å². The van der Waals surface area contributed by atoms with Crippen molar-refractivity contribution in [1.82, 2.24) is 0 Å². The molecule has 10 heavy (non-hydrogen) atoms. The van der Waals surface area contributed by atoms with Gasteiger partial charge in [-0.25, -0.2) is 0 Å². The number of rotatable bonds is 2. The van der Waals surface area contributed by atoms with Crippen molar-refractivity contribution in [2.75, 3.05) is 12.0 Å². The molecule has 0 bridgehead atoms. The molecule has 0 atom stereocenters. The summed E-state index contributed by atoms with van der Waals surface area (Å²) in [5.41, 5.74) is 0. The van der Waals surface area contributed by atoms with Gasteiger partial charge in [0.25, 0.3) is 12.0 Å². The monoisotopic (exact) mass is 190 g/mol. The van der Waals surface area contributed by atoms with Crippen molar-refractivity contribution in [2.45, 2.75) is 0 Å². The molecule has 0 N–H and O–H groups in total. The molecule has 0 fully saturated rings. The zero-order chi connectivity index (χ0) is 8.57. The lowest BCUT2D eigenvalue weighted by Gasteiger charge is -1.71. The Hall–Kier alpha value is -0.620. The molecule has 0 aromatic heterocycles. The highest BCUT2D eigenvalue weighted by Gasteiger charge is 1.80. The Kier molecular flexibility index (Phi) is 10.1. The second-order valence-electron chi connectivity index (χ2n) is 0.905. The second kappa shape index (κ2) is 8.38. The summed E-state index contributed by atoms with van der Waals surface area (Å²) in [5, 5.41) is 18.1. The zero-order valence-electron chi connectivity index (χ0n) is 4.70. The van der Waals surface area contributed by atoms with Crippen molar-refractivity contribution in [3.8, 4) is 0 Å². The van der Waals surface area contributed by atoms with Gasteiger partial charge in [-0.3, -0.25) is 20.2 Å². The minimum absolute atomic E-state index is 0.500. The maximum Gasteiger partial charge on any atom is 0.276 e. The first-order chi connectivity index (χ1) is 4.54. The second-order valence-corrected chi connectivity index (χ2v) is 1.38. The van der Waals surface area contributed by atoms with Crippen LogP contribution < -0.4 is 0 Å². The number of hydrogen-bond donors (Lipinski definition) is 0. The zero-order valence-corrected chi connectivity index (χ0v) is 6.21. The van der Waals surface area contributed by atoms with Crippen LogP contribution in [0.1, 0.15) is 0 Å². The molecule has 0 aromatic carbocycles. The van der Waals surface area contributed by atoms with Crippen molar-refractivity contribution in [3.05, 3.63) is 20.2 Å². The summed E-state index contributed by atoms with van der Waals surface area (Å²) in [4.78, 5) is 16.9. The summed E-state index contributed by atoms with van der Waals surface area (Å²) in [5.74, 6) is 0. The Bertz CT molecular complexity index is 104. The lowest BCUT2D eigenvalue weighted by Crippen LogP contribution is -1.89. The Morgan fingerprint density at radius 3 is 1.10 bits per heavy atom. The summed E-state index contributed by atoms with van der Waals surface area (Å²) in [6, 6.07) is -1.00. The first kappa shape index (κ1) is 12.1. The Balaban J connectivity index is 0. The van der Waals surface area contributed by atoms with E-state index in [1.807, 2.05) is 0 Å². The van der Waals surface area contributed by atoms with E-state index < -0.39 is 21.9 Å². The highest BCUT2D eigenvalue weighted by atomic mass is 35.5. The van der Waals surface area contributed by atoms with E-state index in [2.05, 4.69) is 23.2 Å². The van der Waals surface area contributed by atoms with E-state index in [4.69, 9.17) is 20.2 Å². The van der Waals surface area contributed by atoms with Gasteiger partial charge in [-0.2, -0.15) is 0 Å². The molecule has 0 saturated carbocycles. The number of alkyl halides is 2. The van der Waals surface area contributed by atoms with Crippen LogP contribution in [0.5, 0.6) is 0 Å². The molecule has 0 aliphatic heterocycles. The van der Waals surface area contributed by atoms with E-state index in [9.17, 15) is 0 Å². The number of nitrogens with zero attached hydrogens (tertiary/aromatic N) is 2. The summed E-state index contributed by atoms with van der Waals surface area (Å²) in [6.45, 7) is 0. The highest BCUT2D eigenvalue weighted by Crippen LogP contribution is 1.69. The van der Waals surface area contributed by atoms with Crippen LogP contribution in [0.25, 0.3) is 0 Å². The molecule has 0 rings (SSSR count). The Morgan fingerprint density at radius 2 is 1.10 bits per heavy atom. The summed E-state index contributed by atoms with van der Waals surface area (Å²) in [6.07, 6.45) is 0. The molecule has 0 heterocycles. The SMILES string of the molecule is O=[N+]([O-])CCl.O=[N+]([O-])CCl. The van der Waals surface area contributed by atoms with Crippen molar-refractivity contribution >= 4 is 23.2 Å². The van der Waals surface area contributed by atoms with Crippen molar-refractivity contribution < 1.29 is 9.85 Å². The van der Waals surface area contributed by atoms with Crippen molar-refractivity contribution in [1.29, 1.82) is 0 Å². The standard InChI is InChI=1S/2CH2ClNO2/c2*2-1-3(4)5/h2*1H2. The molecule has 0 aliphatic carbocycles. The van der Waals surface area contributed by atoms with Gasteiger partial charge in [-0.15, -0.1) is 0 Å². The van der Waals surface area contributed by atoms with Crippen LogP contribution in [0.2, 0.25) is 0 Å². The third-order valence-electron chi connectivity index (χ3n) is 0.195. The van der Waals surface area contributed by atoms with Crippen LogP contribution in [0.3, 0.4) is 0 Å². The van der Waals surface area contributed by atoms with Crippen LogP contribution in [0, 0.1) is 20.2 Å². The first-order valence-electron chi connectivity index (χ1n) is 1.90. The fraction of sp³-hybridized carbons (Fsp3) is 1.00. The van der Waals surface area contributed by atoms with Gasteiger partial charge in [0.15, 0.2) is 0 Å². The van der Waals surface area contributed by atoms with Crippen molar-refractivity contribution in [3.63, 3.8) is 0 Å².